The lowest BCUT2D eigenvalue weighted by atomic mass is 10.0. The summed E-state index contributed by atoms with van der Waals surface area (Å²) < 4.78 is 0. The van der Waals surface area contributed by atoms with E-state index >= 15 is 0 Å². The van der Waals surface area contributed by atoms with Gasteiger partial charge in [0.15, 0.2) is 0 Å². The Balaban J connectivity index is 2.67. The summed E-state index contributed by atoms with van der Waals surface area (Å²) in [4.78, 5) is 14.1. The maximum absolute atomic E-state index is 12.2. The van der Waals surface area contributed by atoms with Gasteiger partial charge in [0.1, 0.15) is 0 Å². The molecule has 0 bridgehead atoms. The Morgan fingerprint density at radius 3 is 2.24 bits per heavy atom. The maximum Gasteiger partial charge on any atom is 0.225 e. The minimum absolute atomic E-state index is 0.00509. The Hall–Kier alpha value is -0.570. The molecule has 0 aromatic rings. The Labute approximate surface area is 105 Å². The summed E-state index contributed by atoms with van der Waals surface area (Å²) >= 11 is 0. The van der Waals surface area contributed by atoms with Gasteiger partial charge in [0.2, 0.25) is 5.91 Å². The van der Waals surface area contributed by atoms with Crippen molar-refractivity contribution in [1.29, 1.82) is 0 Å². The number of aliphatic hydroxyl groups is 1. The predicted octanol–water partition coefficient (Wildman–Crippen LogP) is 2.29. The summed E-state index contributed by atoms with van der Waals surface area (Å²) in [5.74, 6) is 1.40. The molecule has 1 fully saturated rings. The molecule has 0 unspecified atom stereocenters. The molecular weight excluding hydrogens is 214 g/mol. The van der Waals surface area contributed by atoms with Crippen LogP contribution in [0.25, 0.3) is 0 Å². The van der Waals surface area contributed by atoms with Crippen molar-refractivity contribution in [2.24, 2.45) is 17.8 Å². The molecule has 1 rings (SSSR count). The van der Waals surface area contributed by atoms with E-state index in [-0.39, 0.29) is 24.5 Å². The van der Waals surface area contributed by atoms with E-state index in [1.165, 1.54) is 12.8 Å². The second-order valence-corrected chi connectivity index (χ2v) is 6.05. The lowest BCUT2D eigenvalue weighted by molar-refractivity contribution is -0.138. The summed E-state index contributed by atoms with van der Waals surface area (Å²) in [5.41, 5.74) is 0. The third-order valence-electron chi connectivity index (χ3n) is 3.32. The molecule has 0 spiro atoms. The Bertz CT molecular complexity index is 247. The van der Waals surface area contributed by atoms with Crippen LogP contribution in [0.1, 0.15) is 47.0 Å². The molecule has 1 aliphatic carbocycles. The smallest absolute Gasteiger partial charge is 0.225 e. The molecule has 100 valence electrons. The molecule has 17 heavy (non-hydrogen) atoms. The number of amides is 1. The van der Waals surface area contributed by atoms with E-state index < -0.39 is 0 Å². The fourth-order valence-electron chi connectivity index (χ4n) is 2.17. The molecule has 0 heterocycles. The van der Waals surface area contributed by atoms with Crippen molar-refractivity contribution in [3.63, 3.8) is 0 Å². The van der Waals surface area contributed by atoms with Crippen LogP contribution in [0.2, 0.25) is 0 Å². The van der Waals surface area contributed by atoms with Gasteiger partial charge in [-0.2, -0.15) is 0 Å². The third kappa shape index (κ3) is 4.66. The summed E-state index contributed by atoms with van der Waals surface area (Å²) in [6.45, 7) is 9.08. The summed E-state index contributed by atoms with van der Waals surface area (Å²) in [7, 11) is 0. The fraction of sp³-hybridized carbons (Fsp3) is 0.929. The maximum atomic E-state index is 12.2. The van der Waals surface area contributed by atoms with Crippen molar-refractivity contribution < 1.29 is 9.90 Å². The van der Waals surface area contributed by atoms with E-state index in [1.807, 2.05) is 18.7 Å². The monoisotopic (exact) mass is 241 g/mol. The van der Waals surface area contributed by atoms with E-state index in [4.69, 9.17) is 0 Å². The molecule has 1 N–H and O–H groups in total. The highest BCUT2D eigenvalue weighted by Gasteiger charge is 2.31. The normalized spacial score (nSPS) is 17.6. The van der Waals surface area contributed by atoms with Crippen molar-refractivity contribution in [2.75, 3.05) is 13.2 Å². The van der Waals surface area contributed by atoms with Gasteiger partial charge in [0.25, 0.3) is 0 Å². The molecule has 1 amide bonds. The number of rotatable bonds is 7. The third-order valence-corrected chi connectivity index (χ3v) is 3.32. The van der Waals surface area contributed by atoms with Crippen molar-refractivity contribution >= 4 is 5.91 Å². The molecule has 0 radical (unpaired) electrons. The first kappa shape index (κ1) is 14.5. The van der Waals surface area contributed by atoms with Crippen LogP contribution in [0.4, 0.5) is 0 Å². The average molecular weight is 241 g/mol. The van der Waals surface area contributed by atoms with Gasteiger partial charge in [-0.15, -0.1) is 0 Å². The van der Waals surface area contributed by atoms with Crippen LogP contribution in [0.5, 0.6) is 0 Å². The topological polar surface area (TPSA) is 40.5 Å². The number of hydrogen-bond acceptors (Lipinski definition) is 2. The van der Waals surface area contributed by atoms with E-state index in [1.54, 1.807) is 0 Å². The van der Waals surface area contributed by atoms with Crippen molar-refractivity contribution in [3.05, 3.63) is 0 Å². The molecule has 1 atom stereocenters. The molecule has 3 heteroatoms. The number of carbonyl (C=O) groups excluding carboxylic acids is 1. The number of carbonyl (C=O) groups is 1. The molecule has 0 aromatic heterocycles. The SMILES string of the molecule is CC(C)C[C@@H](CO)N(CC1CC1)C(=O)C(C)C. The summed E-state index contributed by atoms with van der Waals surface area (Å²) in [5, 5.41) is 9.52. The first-order chi connectivity index (χ1) is 7.95. The fourth-order valence-corrected chi connectivity index (χ4v) is 2.17. The molecule has 0 aliphatic heterocycles. The highest BCUT2D eigenvalue weighted by molar-refractivity contribution is 5.78. The quantitative estimate of drug-likeness (QED) is 0.743. The predicted molar refractivity (Wildman–Crippen MR) is 69.6 cm³/mol. The second-order valence-electron chi connectivity index (χ2n) is 6.05. The zero-order chi connectivity index (χ0) is 13.0. The Morgan fingerprint density at radius 2 is 1.88 bits per heavy atom. The molecular formula is C14H27NO2. The molecule has 3 nitrogen and oxygen atoms in total. The Morgan fingerprint density at radius 1 is 1.29 bits per heavy atom. The van der Waals surface area contributed by atoms with E-state index in [0.717, 1.165) is 13.0 Å². The van der Waals surface area contributed by atoms with Crippen molar-refractivity contribution in [2.45, 2.75) is 53.0 Å². The van der Waals surface area contributed by atoms with E-state index in [2.05, 4.69) is 13.8 Å². The molecule has 0 saturated heterocycles. The lowest BCUT2D eigenvalue weighted by Crippen LogP contribution is -2.46. The largest absolute Gasteiger partial charge is 0.394 e. The van der Waals surface area contributed by atoms with E-state index in [9.17, 15) is 9.90 Å². The van der Waals surface area contributed by atoms with Gasteiger partial charge in [-0.25, -0.2) is 0 Å². The molecule has 0 aromatic carbocycles. The minimum atomic E-state index is 0.00509. The lowest BCUT2D eigenvalue weighted by Gasteiger charge is -2.33. The van der Waals surface area contributed by atoms with Crippen LogP contribution in [-0.2, 0) is 4.79 Å². The van der Waals surface area contributed by atoms with Gasteiger partial charge < -0.3 is 10.0 Å². The van der Waals surface area contributed by atoms with Gasteiger partial charge >= 0.3 is 0 Å². The minimum Gasteiger partial charge on any atom is -0.394 e. The van der Waals surface area contributed by atoms with Crippen LogP contribution in [-0.4, -0.2) is 35.1 Å². The van der Waals surface area contributed by atoms with Crippen LogP contribution in [0.3, 0.4) is 0 Å². The number of aliphatic hydroxyl groups excluding tert-OH is 1. The van der Waals surface area contributed by atoms with Crippen LogP contribution in [0, 0.1) is 17.8 Å². The van der Waals surface area contributed by atoms with Crippen molar-refractivity contribution in [1.82, 2.24) is 4.90 Å². The summed E-state index contributed by atoms with van der Waals surface area (Å²) in [6, 6.07) is 0.00509. The van der Waals surface area contributed by atoms with Gasteiger partial charge in [-0.3, -0.25) is 4.79 Å². The highest BCUT2D eigenvalue weighted by atomic mass is 16.3. The van der Waals surface area contributed by atoms with Gasteiger partial charge in [0.05, 0.1) is 12.6 Å². The van der Waals surface area contributed by atoms with Gasteiger partial charge in [-0.05, 0) is 31.1 Å². The average Bonchev–Trinajstić information content (AvgIpc) is 3.05. The van der Waals surface area contributed by atoms with Crippen LogP contribution < -0.4 is 0 Å². The van der Waals surface area contributed by atoms with Crippen LogP contribution in [0.15, 0.2) is 0 Å². The first-order valence-electron chi connectivity index (χ1n) is 6.87. The second kappa shape index (κ2) is 6.39. The van der Waals surface area contributed by atoms with Crippen LogP contribution >= 0.6 is 0 Å². The zero-order valence-electron chi connectivity index (χ0n) is 11.6. The molecule has 1 aliphatic rings. The summed E-state index contributed by atoms with van der Waals surface area (Å²) in [6.07, 6.45) is 3.37. The zero-order valence-corrected chi connectivity index (χ0v) is 11.6. The first-order valence-corrected chi connectivity index (χ1v) is 6.87. The number of hydrogen-bond donors (Lipinski definition) is 1. The Kier molecular flexibility index (Phi) is 5.44. The van der Waals surface area contributed by atoms with E-state index in [0.29, 0.717) is 11.8 Å². The molecule has 1 saturated carbocycles. The highest BCUT2D eigenvalue weighted by Crippen LogP contribution is 2.31. The van der Waals surface area contributed by atoms with Gasteiger partial charge in [0, 0.05) is 12.5 Å². The number of nitrogens with zero attached hydrogens (tertiary/aromatic N) is 1. The van der Waals surface area contributed by atoms with Gasteiger partial charge in [-0.1, -0.05) is 27.7 Å². The van der Waals surface area contributed by atoms with Crippen molar-refractivity contribution in [3.8, 4) is 0 Å². The standard InChI is InChI=1S/C14H27NO2/c1-10(2)7-13(9-16)15(8-12-5-6-12)14(17)11(3)4/h10-13,16H,5-9H2,1-4H3/t13-/m0/s1.